The van der Waals surface area contributed by atoms with Gasteiger partial charge in [-0.3, -0.25) is 0 Å². The first-order valence-corrected chi connectivity index (χ1v) is 11.0. The van der Waals surface area contributed by atoms with Crippen molar-refractivity contribution in [2.45, 2.75) is 12.5 Å². The standard InChI is InChI=1S/C30H26N4/c1-3-4-10-23(2)24-15-17-26(18-16-24)33(25-11-6-5-7-12-25)27-19-21-28(22-20-27)34-31-29-13-8-9-14-30(29)32-34/h3-21,28H,1-2,22H2/b10-4-/i5D,6D,7D,11D,12D. The quantitative estimate of drug-likeness (QED) is 0.277. The molecule has 0 spiro atoms. The minimum Gasteiger partial charge on any atom is -0.311 e. The fraction of sp³-hybridized carbons (Fsp3) is 0.0667. The van der Waals surface area contributed by atoms with Gasteiger partial charge >= 0.3 is 0 Å². The van der Waals surface area contributed by atoms with Crippen molar-refractivity contribution in [2.75, 3.05) is 4.90 Å². The summed E-state index contributed by atoms with van der Waals surface area (Å²) in [6.07, 6.45) is 11.7. The molecule has 0 amide bonds. The van der Waals surface area contributed by atoms with Crippen molar-refractivity contribution in [3.05, 3.63) is 140 Å². The van der Waals surface area contributed by atoms with Gasteiger partial charge in [0.05, 0.1) is 12.9 Å². The predicted octanol–water partition coefficient (Wildman–Crippen LogP) is 7.41. The van der Waals surface area contributed by atoms with E-state index in [0.717, 1.165) is 22.2 Å². The summed E-state index contributed by atoms with van der Waals surface area (Å²) in [5.41, 5.74) is 4.72. The Morgan fingerprint density at radius 2 is 1.71 bits per heavy atom. The summed E-state index contributed by atoms with van der Waals surface area (Å²) in [4.78, 5) is 3.38. The minimum atomic E-state index is -0.431. The van der Waals surface area contributed by atoms with Crippen molar-refractivity contribution in [1.82, 2.24) is 15.0 Å². The zero-order valence-corrected chi connectivity index (χ0v) is 18.6. The fourth-order valence-electron chi connectivity index (χ4n) is 3.83. The van der Waals surface area contributed by atoms with Crippen molar-refractivity contribution in [3.8, 4) is 0 Å². The molecule has 3 aromatic carbocycles. The van der Waals surface area contributed by atoms with Crippen LogP contribution in [-0.4, -0.2) is 15.0 Å². The third-order valence-corrected chi connectivity index (χ3v) is 5.55. The van der Waals surface area contributed by atoms with Gasteiger partial charge in [0, 0.05) is 17.1 Å². The molecule has 0 saturated heterocycles. The fourth-order valence-corrected chi connectivity index (χ4v) is 3.83. The van der Waals surface area contributed by atoms with Crippen LogP contribution in [0.3, 0.4) is 0 Å². The van der Waals surface area contributed by atoms with Crippen LogP contribution in [0.15, 0.2) is 134 Å². The number of hydrogen-bond donors (Lipinski definition) is 0. The Labute approximate surface area is 207 Å². The average Bonchev–Trinajstić information content (AvgIpc) is 3.41. The Kier molecular flexibility index (Phi) is 4.57. The molecule has 1 aromatic heterocycles. The molecule has 0 N–H and O–H groups in total. The van der Waals surface area contributed by atoms with E-state index in [4.69, 9.17) is 6.85 Å². The Morgan fingerprint density at radius 3 is 2.32 bits per heavy atom. The van der Waals surface area contributed by atoms with Gasteiger partial charge in [-0.05, 0) is 60.0 Å². The molecule has 1 aliphatic rings. The molecule has 0 saturated carbocycles. The molecule has 1 heterocycles. The minimum absolute atomic E-state index is 0.0800. The molecular formula is C30H26N4. The van der Waals surface area contributed by atoms with Crippen molar-refractivity contribution in [3.63, 3.8) is 0 Å². The molecule has 1 aliphatic carbocycles. The number of fused-ring (bicyclic) bond motifs is 1. The van der Waals surface area contributed by atoms with E-state index in [9.17, 15) is 0 Å². The highest BCUT2D eigenvalue weighted by atomic mass is 15.5. The third kappa shape index (κ3) is 4.39. The van der Waals surface area contributed by atoms with Crippen LogP contribution in [0.2, 0.25) is 0 Å². The van der Waals surface area contributed by atoms with Gasteiger partial charge in [0.15, 0.2) is 0 Å². The number of nitrogens with zero attached hydrogens (tertiary/aromatic N) is 4. The molecule has 0 radical (unpaired) electrons. The highest BCUT2D eigenvalue weighted by molar-refractivity contribution is 5.76. The lowest BCUT2D eigenvalue weighted by Gasteiger charge is -2.29. The first-order chi connectivity index (χ1) is 18.8. The second-order valence-electron chi connectivity index (χ2n) is 7.78. The zero-order chi connectivity index (χ0) is 27.7. The van der Waals surface area contributed by atoms with Gasteiger partial charge in [-0.25, -0.2) is 0 Å². The molecule has 4 nitrogen and oxygen atoms in total. The van der Waals surface area contributed by atoms with Gasteiger partial charge in [-0.15, -0.1) is 0 Å². The van der Waals surface area contributed by atoms with E-state index in [0.29, 0.717) is 17.8 Å². The van der Waals surface area contributed by atoms with Crippen molar-refractivity contribution >= 4 is 28.0 Å². The van der Waals surface area contributed by atoms with E-state index in [-0.39, 0.29) is 35.9 Å². The molecule has 5 rings (SSSR count). The normalized spacial score (nSPS) is 17.5. The second-order valence-corrected chi connectivity index (χ2v) is 7.78. The molecule has 4 aromatic rings. The number of hydrogen-bond acceptors (Lipinski definition) is 3. The summed E-state index contributed by atoms with van der Waals surface area (Å²) in [6.45, 7) is 7.77. The smallest absolute Gasteiger partial charge is 0.113 e. The van der Waals surface area contributed by atoms with E-state index in [2.05, 4.69) is 23.4 Å². The molecule has 0 bridgehead atoms. The lowest BCUT2D eigenvalue weighted by Crippen LogP contribution is -2.19. The second kappa shape index (κ2) is 9.59. The largest absolute Gasteiger partial charge is 0.311 e. The molecule has 34 heavy (non-hydrogen) atoms. The summed E-state index contributed by atoms with van der Waals surface area (Å²) >= 11 is 0. The molecule has 0 fully saturated rings. The Morgan fingerprint density at radius 1 is 1.00 bits per heavy atom. The highest BCUT2D eigenvalue weighted by Gasteiger charge is 2.19. The van der Waals surface area contributed by atoms with E-state index >= 15 is 0 Å². The van der Waals surface area contributed by atoms with Crippen molar-refractivity contribution in [2.24, 2.45) is 0 Å². The van der Waals surface area contributed by atoms with Crippen LogP contribution in [0.4, 0.5) is 11.4 Å². The maximum absolute atomic E-state index is 8.63. The van der Waals surface area contributed by atoms with E-state index < -0.39 is 6.04 Å². The number of anilines is 2. The van der Waals surface area contributed by atoms with Gasteiger partial charge in [-0.2, -0.15) is 15.0 Å². The van der Waals surface area contributed by atoms with Gasteiger partial charge in [0.25, 0.3) is 0 Å². The Balaban J connectivity index is 1.56. The molecule has 166 valence electrons. The third-order valence-electron chi connectivity index (χ3n) is 5.55. The number of rotatable bonds is 7. The zero-order valence-electron chi connectivity index (χ0n) is 23.6. The van der Waals surface area contributed by atoms with Crippen LogP contribution in [0.5, 0.6) is 0 Å². The highest BCUT2D eigenvalue weighted by Crippen LogP contribution is 2.34. The van der Waals surface area contributed by atoms with E-state index in [1.165, 1.54) is 0 Å². The van der Waals surface area contributed by atoms with Crippen LogP contribution in [0, 0.1) is 0 Å². The molecule has 1 atom stereocenters. The lowest BCUT2D eigenvalue weighted by atomic mass is 10.0. The number of benzene rings is 3. The van der Waals surface area contributed by atoms with Crippen LogP contribution in [0.25, 0.3) is 16.6 Å². The Bertz CT molecular complexity index is 1620. The molecule has 4 heteroatoms. The number of aromatic nitrogens is 3. The van der Waals surface area contributed by atoms with Crippen molar-refractivity contribution in [1.29, 1.82) is 0 Å². The summed E-state index contributed by atoms with van der Waals surface area (Å²) in [7, 11) is 0. The van der Waals surface area contributed by atoms with Gasteiger partial charge < -0.3 is 4.90 Å². The molecular weight excluding hydrogens is 416 g/mol. The first-order valence-electron chi connectivity index (χ1n) is 13.5. The summed E-state index contributed by atoms with van der Waals surface area (Å²) < 4.78 is 41.8. The van der Waals surface area contributed by atoms with Crippen LogP contribution in [0.1, 0.15) is 24.9 Å². The summed E-state index contributed by atoms with van der Waals surface area (Å²) in [5, 5.41) is 9.18. The average molecular weight is 448 g/mol. The van der Waals surface area contributed by atoms with Crippen LogP contribution >= 0.6 is 0 Å². The predicted molar refractivity (Wildman–Crippen MR) is 142 cm³/mol. The lowest BCUT2D eigenvalue weighted by molar-refractivity contribution is 0.479. The Hall–Kier alpha value is -4.44. The SMILES string of the molecule is [2H]c1c([2H])c([2H])c(N(C2=CCC(n3nc4ccccc4n3)C=C2)c2ccc(C(=C)/C=C\C=C)cc2)c([2H])c1[2H]. The van der Waals surface area contributed by atoms with Gasteiger partial charge in [0.1, 0.15) is 11.0 Å². The topological polar surface area (TPSA) is 34.0 Å². The first kappa shape index (κ1) is 16.2. The van der Waals surface area contributed by atoms with Gasteiger partial charge in [-0.1, -0.05) is 85.9 Å². The van der Waals surface area contributed by atoms with E-state index in [1.54, 1.807) is 21.8 Å². The monoisotopic (exact) mass is 447 g/mol. The van der Waals surface area contributed by atoms with E-state index in [1.807, 2.05) is 72.8 Å². The summed E-state index contributed by atoms with van der Waals surface area (Å²) in [6, 6.07) is 13.3. The van der Waals surface area contributed by atoms with Gasteiger partial charge in [0.2, 0.25) is 0 Å². The summed E-state index contributed by atoms with van der Waals surface area (Å²) in [5.74, 6) is 0. The number of allylic oxidation sites excluding steroid dienone is 7. The van der Waals surface area contributed by atoms with Crippen LogP contribution in [-0.2, 0) is 0 Å². The maximum Gasteiger partial charge on any atom is 0.113 e. The molecule has 1 unspecified atom stereocenters. The number of para-hydroxylation sites is 1. The van der Waals surface area contributed by atoms with Crippen LogP contribution < -0.4 is 4.90 Å². The molecule has 0 aliphatic heterocycles. The maximum atomic E-state index is 8.63. The van der Waals surface area contributed by atoms with Crippen molar-refractivity contribution < 1.29 is 6.85 Å².